The molecule has 0 heterocycles. The van der Waals surface area contributed by atoms with Crippen LogP contribution in [-0.2, 0) is 4.43 Å². The van der Waals surface area contributed by atoms with Gasteiger partial charge in [0, 0.05) is 6.61 Å². The fourth-order valence-electron chi connectivity index (χ4n) is 2.32. The topological polar surface area (TPSA) is 9.23 Å². The van der Waals surface area contributed by atoms with E-state index in [0.717, 1.165) is 17.7 Å². The summed E-state index contributed by atoms with van der Waals surface area (Å²) >= 11 is 0. The van der Waals surface area contributed by atoms with Crippen LogP contribution in [-0.4, -0.2) is 15.6 Å². The SMILES string of the molecule is CCCC(C)[SiH](OCC)C(C)CCC. The summed E-state index contributed by atoms with van der Waals surface area (Å²) in [5, 5.41) is 0. The van der Waals surface area contributed by atoms with Gasteiger partial charge in [0.05, 0.1) is 0 Å². The van der Waals surface area contributed by atoms with Crippen molar-refractivity contribution in [3.63, 3.8) is 0 Å². The Balaban J connectivity index is 4.10. The molecule has 14 heavy (non-hydrogen) atoms. The van der Waals surface area contributed by atoms with Crippen molar-refractivity contribution in [1.29, 1.82) is 0 Å². The van der Waals surface area contributed by atoms with E-state index < -0.39 is 9.04 Å². The second-order valence-electron chi connectivity index (χ2n) is 4.45. The molecule has 0 N–H and O–H groups in total. The molecule has 0 bridgehead atoms. The van der Waals surface area contributed by atoms with Crippen molar-refractivity contribution >= 4 is 9.04 Å². The lowest BCUT2D eigenvalue weighted by molar-refractivity contribution is 0.321. The first-order chi connectivity index (χ1) is 6.67. The molecule has 2 atom stereocenters. The Morgan fingerprint density at radius 2 is 1.36 bits per heavy atom. The summed E-state index contributed by atoms with van der Waals surface area (Å²) in [4.78, 5) is 0. The van der Waals surface area contributed by atoms with Crippen LogP contribution in [0.25, 0.3) is 0 Å². The van der Waals surface area contributed by atoms with Gasteiger partial charge in [0.15, 0.2) is 9.04 Å². The van der Waals surface area contributed by atoms with E-state index in [-0.39, 0.29) is 0 Å². The van der Waals surface area contributed by atoms with E-state index in [1.54, 1.807) is 0 Å². The Kier molecular flexibility index (Phi) is 8.59. The highest BCUT2D eigenvalue weighted by Crippen LogP contribution is 2.29. The molecule has 0 aliphatic carbocycles. The molecule has 0 saturated heterocycles. The van der Waals surface area contributed by atoms with Crippen LogP contribution in [0.2, 0.25) is 11.1 Å². The smallest absolute Gasteiger partial charge is 0.182 e. The summed E-state index contributed by atoms with van der Waals surface area (Å²) in [6.45, 7) is 12.4. The van der Waals surface area contributed by atoms with Crippen LogP contribution in [0.3, 0.4) is 0 Å². The van der Waals surface area contributed by atoms with Gasteiger partial charge in [-0.2, -0.15) is 0 Å². The summed E-state index contributed by atoms with van der Waals surface area (Å²) < 4.78 is 6.01. The molecule has 0 aromatic heterocycles. The quantitative estimate of drug-likeness (QED) is 0.554. The van der Waals surface area contributed by atoms with Crippen molar-refractivity contribution in [3.8, 4) is 0 Å². The van der Waals surface area contributed by atoms with E-state index in [0.29, 0.717) is 0 Å². The maximum atomic E-state index is 6.01. The van der Waals surface area contributed by atoms with Crippen LogP contribution in [0.4, 0.5) is 0 Å². The fourth-order valence-corrected chi connectivity index (χ4v) is 5.81. The second kappa shape index (κ2) is 8.48. The Morgan fingerprint density at radius 1 is 0.929 bits per heavy atom. The first kappa shape index (κ1) is 14.2. The molecule has 0 radical (unpaired) electrons. The van der Waals surface area contributed by atoms with Gasteiger partial charge < -0.3 is 4.43 Å². The summed E-state index contributed by atoms with van der Waals surface area (Å²) in [5.41, 5.74) is 1.70. The third-order valence-corrected chi connectivity index (χ3v) is 6.60. The minimum absolute atomic E-state index is 0.849. The summed E-state index contributed by atoms with van der Waals surface area (Å²) in [6.07, 6.45) is 5.31. The van der Waals surface area contributed by atoms with Crippen LogP contribution < -0.4 is 0 Å². The van der Waals surface area contributed by atoms with Crippen molar-refractivity contribution in [2.75, 3.05) is 6.61 Å². The average molecular weight is 216 g/mol. The maximum absolute atomic E-state index is 6.01. The summed E-state index contributed by atoms with van der Waals surface area (Å²) in [6, 6.07) is 0. The average Bonchev–Trinajstić information content (AvgIpc) is 2.14. The van der Waals surface area contributed by atoms with Gasteiger partial charge in [0.25, 0.3) is 0 Å². The van der Waals surface area contributed by atoms with Crippen molar-refractivity contribution in [2.45, 2.75) is 71.4 Å². The standard InChI is InChI=1S/C12H28OSi/c1-6-9-11(4)14(13-8-3)12(5)10-7-2/h11-12,14H,6-10H2,1-5H3. The Bertz CT molecular complexity index is 115. The van der Waals surface area contributed by atoms with Gasteiger partial charge in [-0.1, -0.05) is 53.4 Å². The van der Waals surface area contributed by atoms with Crippen molar-refractivity contribution in [1.82, 2.24) is 0 Å². The highest BCUT2D eigenvalue weighted by atomic mass is 28.3. The number of rotatable bonds is 8. The van der Waals surface area contributed by atoms with Gasteiger partial charge >= 0.3 is 0 Å². The zero-order valence-corrected chi connectivity index (χ0v) is 11.8. The third-order valence-electron chi connectivity index (χ3n) is 2.97. The van der Waals surface area contributed by atoms with Gasteiger partial charge in [0.1, 0.15) is 0 Å². The fraction of sp³-hybridized carbons (Fsp3) is 1.00. The Labute approximate surface area is 92.0 Å². The molecule has 2 heteroatoms. The molecule has 86 valence electrons. The Morgan fingerprint density at radius 3 is 1.64 bits per heavy atom. The minimum atomic E-state index is -0.957. The second-order valence-corrected chi connectivity index (χ2v) is 7.99. The van der Waals surface area contributed by atoms with E-state index >= 15 is 0 Å². The lowest BCUT2D eigenvalue weighted by Gasteiger charge is -2.27. The van der Waals surface area contributed by atoms with Gasteiger partial charge in [-0.05, 0) is 18.0 Å². The molecule has 0 aliphatic heterocycles. The Hall–Kier alpha value is 0.177. The maximum Gasteiger partial charge on any atom is 0.182 e. The van der Waals surface area contributed by atoms with Crippen LogP contribution >= 0.6 is 0 Å². The normalized spacial score (nSPS) is 17.8. The van der Waals surface area contributed by atoms with Gasteiger partial charge in [-0.3, -0.25) is 0 Å². The molecular weight excluding hydrogens is 188 g/mol. The summed E-state index contributed by atoms with van der Waals surface area (Å²) in [7, 11) is -0.957. The van der Waals surface area contributed by atoms with Crippen molar-refractivity contribution in [2.24, 2.45) is 0 Å². The highest BCUT2D eigenvalue weighted by Gasteiger charge is 2.25. The van der Waals surface area contributed by atoms with E-state index in [4.69, 9.17) is 4.43 Å². The van der Waals surface area contributed by atoms with Gasteiger partial charge in [-0.15, -0.1) is 0 Å². The third kappa shape index (κ3) is 5.16. The zero-order valence-electron chi connectivity index (χ0n) is 10.7. The lowest BCUT2D eigenvalue weighted by atomic mass is 10.2. The predicted molar refractivity (Wildman–Crippen MR) is 67.4 cm³/mol. The number of hydrogen-bond acceptors (Lipinski definition) is 1. The van der Waals surface area contributed by atoms with E-state index in [1.807, 2.05) is 0 Å². The monoisotopic (exact) mass is 216 g/mol. The first-order valence-electron chi connectivity index (χ1n) is 6.28. The van der Waals surface area contributed by atoms with Gasteiger partial charge in [0.2, 0.25) is 0 Å². The zero-order chi connectivity index (χ0) is 11.0. The largest absolute Gasteiger partial charge is 0.420 e. The molecule has 0 rings (SSSR count). The molecule has 0 fully saturated rings. The van der Waals surface area contributed by atoms with E-state index in [1.165, 1.54) is 25.7 Å². The molecule has 0 spiro atoms. The predicted octanol–water partition coefficient (Wildman–Crippen LogP) is 4.13. The molecule has 0 aliphatic rings. The summed E-state index contributed by atoms with van der Waals surface area (Å²) in [5.74, 6) is 0. The first-order valence-corrected chi connectivity index (χ1v) is 8.09. The van der Waals surface area contributed by atoms with Crippen LogP contribution in [0.1, 0.15) is 60.3 Å². The van der Waals surface area contributed by atoms with Crippen molar-refractivity contribution < 1.29 is 4.43 Å². The minimum Gasteiger partial charge on any atom is -0.420 e. The molecule has 0 amide bonds. The molecule has 0 aromatic carbocycles. The van der Waals surface area contributed by atoms with Crippen LogP contribution in [0, 0.1) is 0 Å². The molecule has 2 unspecified atom stereocenters. The molecular formula is C12H28OSi. The highest BCUT2D eigenvalue weighted by molar-refractivity contribution is 6.55. The molecule has 0 aromatic rings. The molecule has 0 saturated carbocycles. The van der Waals surface area contributed by atoms with Crippen molar-refractivity contribution in [3.05, 3.63) is 0 Å². The molecule has 1 nitrogen and oxygen atoms in total. The van der Waals surface area contributed by atoms with Crippen LogP contribution in [0.15, 0.2) is 0 Å². The van der Waals surface area contributed by atoms with E-state index in [9.17, 15) is 0 Å². The lowest BCUT2D eigenvalue weighted by Crippen LogP contribution is -2.28. The van der Waals surface area contributed by atoms with Crippen LogP contribution in [0.5, 0.6) is 0 Å². The van der Waals surface area contributed by atoms with E-state index in [2.05, 4.69) is 34.6 Å². The number of hydrogen-bond donors (Lipinski definition) is 0. The van der Waals surface area contributed by atoms with Gasteiger partial charge in [-0.25, -0.2) is 0 Å².